The van der Waals surface area contributed by atoms with Crippen LogP contribution in [0.5, 0.6) is 0 Å². The molecule has 0 amide bonds. The van der Waals surface area contributed by atoms with E-state index in [1.54, 1.807) is 23.8 Å². The van der Waals surface area contributed by atoms with Crippen molar-refractivity contribution >= 4 is 29.1 Å². The van der Waals surface area contributed by atoms with Crippen LogP contribution in [0.15, 0.2) is 30.3 Å². The number of allylic oxidation sites excluding steroid dienone is 1. The van der Waals surface area contributed by atoms with Crippen molar-refractivity contribution in [3.8, 4) is 6.07 Å². The first kappa shape index (κ1) is 16.5. The van der Waals surface area contributed by atoms with Gasteiger partial charge >= 0.3 is 0 Å². The Morgan fingerprint density at radius 1 is 1.43 bits per heavy atom. The first-order valence-electron chi connectivity index (χ1n) is 6.58. The Morgan fingerprint density at radius 3 is 2.70 bits per heavy atom. The number of rotatable bonds is 4. The van der Waals surface area contributed by atoms with Crippen molar-refractivity contribution in [2.45, 2.75) is 6.92 Å². The van der Waals surface area contributed by atoms with Crippen LogP contribution in [0.2, 0.25) is 5.02 Å². The molecule has 1 heterocycles. The number of nitro groups is 1. The average Bonchev–Trinajstić information content (AvgIpc) is 2.80. The molecule has 0 N–H and O–H groups in total. The van der Waals surface area contributed by atoms with E-state index in [0.29, 0.717) is 5.69 Å². The minimum Gasteiger partial charge on any atom is -0.339 e. The number of benzene rings is 1. The lowest BCUT2D eigenvalue weighted by Crippen LogP contribution is -1.97. The van der Waals surface area contributed by atoms with Gasteiger partial charge in [-0.15, -0.1) is 0 Å². The van der Waals surface area contributed by atoms with Crippen LogP contribution < -0.4 is 0 Å². The van der Waals surface area contributed by atoms with E-state index in [1.807, 2.05) is 6.92 Å². The Bertz CT molecular complexity index is 875. The quantitative estimate of drug-likeness (QED) is 0.370. The highest BCUT2D eigenvalue weighted by Crippen LogP contribution is 2.25. The molecule has 0 aliphatic carbocycles. The molecule has 0 aliphatic rings. The number of nitro benzene ring substituents is 1. The van der Waals surface area contributed by atoms with E-state index in [9.17, 15) is 14.9 Å². The van der Waals surface area contributed by atoms with E-state index in [1.165, 1.54) is 18.2 Å². The number of nitriles is 1. The van der Waals surface area contributed by atoms with Crippen LogP contribution in [-0.2, 0) is 7.05 Å². The van der Waals surface area contributed by atoms with Gasteiger partial charge < -0.3 is 4.57 Å². The maximum Gasteiger partial charge on any atom is 0.288 e. The third-order valence-corrected chi connectivity index (χ3v) is 3.85. The largest absolute Gasteiger partial charge is 0.339 e. The van der Waals surface area contributed by atoms with E-state index >= 15 is 0 Å². The molecule has 23 heavy (non-hydrogen) atoms. The normalized spacial score (nSPS) is 10.7. The van der Waals surface area contributed by atoms with E-state index in [0.717, 1.165) is 17.3 Å². The summed E-state index contributed by atoms with van der Waals surface area (Å²) in [5.74, 6) is -0.383. The van der Waals surface area contributed by atoms with Crippen molar-refractivity contribution in [1.29, 1.82) is 5.26 Å². The van der Waals surface area contributed by atoms with Crippen molar-refractivity contribution in [2.24, 2.45) is 7.05 Å². The third-order valence-electron chi connectivity index (χ3n) is 3.53. The molecule has 1 aromatic carbocycles. The Hall–Kier alpha value is -2.91. The zero-order valence-corrected chi connectivity index (χ0v) is 13.2. The second-order valence-electron chi connectivity index (χ2n) is 4.86. The van der Waals surface area contributed by atoms with Crippen molar-refractivity contribution in [3.05, 3.63) is 68.0 Å². The fraction of sp³-hybridized carbons (Fsp3) is 0.125. The second kappa shape index (κ2) is 6.46. The smallest absolute Gasteiger partial charge is 0.288 e. The number of hydrogen-bond donors (Lipinski definition) is 0. The van der Waals surface area contributed by atoms with Gasteiger partial charge in [-0.3, -0.25) is 14.9 Å². The predicted octanol–water partition coefficient (Wildman–Crippen LogP) is 3.66. The Kier molecular flexibility index (Phi) is 4.63. The van der Waals surface area contributed by atoms with Crippen molar-refractivity contribution in [1.82, 2.24) is 4.57 Å². The molecule has 1 aromatic heterocycles. The van der Waals surface area contributed by atoms with E-state index in [2.05, 4.69) is 6.07 Å². The molecule has 116 valence electrons. The molecular formula is C16H12ClN3O3. The molecule has 0 spiro atoms. The summed E-state index contributed by atoms with van der Waals surface area (Å²) in [6.07, 6.45) is 2.90. The van der Waals surface area contributed by atoms with Crippen molar-refractivity contribution < 1.29 is 9.72 Å². The van der Waals surface area contributed by atoms with Gasteiger partial charge in [-0.25, -0.2) is 0 Å². The Labute approximate surface area is 137 Å². The molecular weight excluding hydrogens is 318 g/mol. The van der Waals surface area contributed by atoms with Crippen LogP contribution in [0.3, 0.4) is 0 Å². The molecule has 0 saturated heterocycles. The lowest BCUT2D eigenvalue weighted by molar-refractivity contribution is -0.384. The van der Waals surface area contributed by atoms with Crippen LogP contribution >= 0.6 is 11.6 Å². The number of ketones is 1. The van der Waals surface area contributed by atoms with Crippen LogP contribution in [0.1, 0.15) is 27.3 Å². The Balaban J connectivity index is 2.31. The van der Waals surface area contributed by atoms with Crippen LogP contribution in [0.4, 0.5) is 5.69 Å². The predicted molar refractivity (Wildman–Crippen MR) is 86.3 cm³/mol. The van der Waals surface area contributed by atoms with Gasteiger partial charge in [-0.1, -0.05) is 11.6 Å². The molecule has 0 fully saturated rings. The van der Waals surface area contributed by atoms with E-state index < -0.39 is 4.92 Å². The Morgan fingerprint density at radius 2 is 2.13 bits per heavy atom. The SMILES string of the molecule is Cc1c(/C=C/C(=O)c2ccc(Cl)c([N+](=O)[O-])c2)cc(C#N)n1C. The molecule has 6 nitrogen and oxygen atoms in total. The van der Waals surface area contributed by atoms with Crippen LogP contribution in [-0.4, -0.2) is 15.3 Å². The summed E-state index contributed by atoms with van der Waals surface area (Å²) < 4.78 is 1.72. The van der Waals surface area contributed by atoms with Crippen molar-refractivity contribution in [3.63, 3.8) is 0 Å². The summed E-state index contributed by atoms with van der Waals surface area (Å²) in [6.45, 7) is 1.83. The first-order valence-corrected chi connectivity index (χ1v) is 6.95. The zero-order chi connectivity index (χ0) is 17.1. The zero-order valence-electron chi connectivity index (χ0n) is 12.4. The number of halogens is 1. The fourth-order valence-corrected chi connectivity index (χ4v) is 2.25. The minimum absolute atomic E-state index is 0.0203. The van der Waals surface area contributed by atoms with Gasteiger partial charge in [0.05, 0.1) is 4.92 Å². The summed E-state index contributed by atoms with van der Waals surface area (Å²) in [7, 11) is 1.76. The number of carbonyl (C=O) groups excluding carboxylic acids is 1. The molecule has 7 heteroatoms. The highest BCUT2D eigenvalue weighted by molar-refractivity contribution is 6.32. The fourth-order valence-electron chi connectivity index (χ4n) is 2.07. The molecule has 0 aliphatic heterocycles. The third kappa shape index (κ3) is 3.30. The van der Waals surface area contributed by atoms with E-state index in [4.69, 9.17) is 16.9 Å². The van der Waals surface area contributed by atoms with Gasteiger partial charge in [0.25, 0.3) is 5.69 Å². The summed E-state index contributed by atoms with van der Waals surface area (Å²) in [5.41, 5.74) is 1.92. The van der Waals surface area contributed by atoms with Gasteiger partial charge in [0.2, 0.25) is 0 Å². The maximum atomic E-state index is 12.2. The first-order chi connectivity index (χ1) is 10.8. The van der Waals surface area contributed by atoms with E-state index in [-0.39, 0.29) is 22.1 Å². The topological polar surface area (TPSA) is 88.9 Å². The molecule has 0 radical (unpaired) electrons. The van der Waals surface area contributed by atoms with Gasteiger partial charge in [0.15, 0.2) is 5.78 Å². The molecule has 0 bridgehead atoms. The second-order valence-corrected chi connectivity index (χ2v) is 5.27. The summed E-state index contributed by atoms with van der Waals surface area (Å²) in [4.78, 5) is 22.4. The highest BCUT2D eigenvalue weighted by Gasteiger charge is 2.15. The standard InChI is InChI=1S/C16H12ClN3O3/c1-10-11(7-13(9-18)19(10)2)4-6-16(21)12-3-5-14(17)15(8-12)20(22)23/h3-8H,1-2H3/b6-4+. The number of carbonyl (C=O) groups is 1. The molecule has 2 aromatic rings. The molecule has 0 atom stereocenters. The lowest BCUT2D eigenvalue weighted by atomic mass is 10.1. The molecule has 0 saturated carbocycles. The maximum absolute atomic E-state index is 12.2. The number of nitrogens with zero attached hydrogens (tertiary/aromatic N) is 3. The van der Waals surface area contributed by atoms with Crippen molar-refractivity contribution in [2.75, 3.05) is 0 Å². The number of hydrogen-bond acceptors (Lipinski definition) is 4. The lowest BCUT2D eigenvalue weighted by Gasteiger charge is -1.99. The van der Waals surface area contributed by atoms with Gasteiger partial charge in [0.1, 0.15) is 16.8 Å². The summed E-state index contributed by atoms with van der Waals surface area (Å²) in [6, 6.07) is 7.63. The molecule has 0 unspecified atom stereocenters. The summed E-state index contributed by atoms with van der Waals surface area (Å²) in [5, 5.41) is 19.8. The van der Waals surface area contributed by atoms with Gasteiger partial charge in [-0.05, 0) is 42.8 Å². The molecule has 2 rings (SSSR count). The van der Waals surface area contributed by atoms with Gasteiger partial charge in [0, 0.05) is 24.4 Å². The average molecular weight is 330 g/mol. The van der Waals surface area contributed by atoms with Gasteiger partial charge in [-0.2, -0.15) is 5.26 Å². The van der Waals surface area contributed by atoms with Crippen LogP contribution in [0.25, 0.3) is 6.08 Å². The summed E-state index contributed by atoms with van der Waals surface area (Å²) >= 11 is 5.72. The number of aromatic nitrogens is 1. The highest BCUT2D eigenvalue weighted by atomic mass is 35.5. The minimum atomic E-state index is -0.636. The van der Waals surface area contributed by atoms with Crippen LogP contribution in [0, 0.1) is 28.4 Å². The monoisotopic (exact) mass is 329 g/mol.